The Morgan fingerprint density at radius 3 is 2.52 bits per heavy atom. The lowest BCUT2D eigenvalue weighted by atomic mass is 9.93. The zero-order valence-electron chi connectivity index (χ0n) is 14.4. The molecule has 6 heteroatoms. The maximum Gasteiger partial charge on any atom is 0.409 e. The van der Waals surface area contributed by atoms with Crippen LogP contribution >= 0.6 is 0 Å². The fraction of sp³-hybridized carbons (Fsp3) is 0.421. The van der Waals surface area contributed by atoms with E-state index in [1.165, 1.54) is 6.07 Å². The first-order valence-electron chi connectivity index (χ1n) is 8.30. The number of hydrogen-bond donors (Lipinski definition) is 1. The Kier molecular flexibility index (Phi) is 4.27. The highest BCUT2D eigenvalue weighted by molar-refractivity contribution is 5.87. The molecule has 25 heavy (non-hydrogen) atoms. The highest BCUT2D eigenvalue weighted by Gasteiger charge is 2.53. The standard InChI is InChI=1S/C19H21F3N2O/c1-4-12-8-9-14-13(10-12)6-5-7-15(14)17(19(20,21)22)24-18(2,3)11-16(25)23-24/h5-10,17H,4,11H2,1-3H3,(H,23,25)/t17-/m0/s1. The second kappa shape index (κ2) is 6.02. The average molecular weight is 350 g/mol. The molecule has 0 aliphatic carbocycles. The summed E-state index contributed by atoms with van der Waals surface area (Å²) >= 11 is 0. The van der Waals surface area contributed by atoms with Gasteiger partial charge in [-0.25, -0.2) is 0 Å². The first kappa shape index (κ1) is 17.7. The minimum Gasteiger partial charge on any atom is -0.287 e. The van der Waals surface area contributed by atoms with E-state index >= 15 is 0 Å². The molecule has 2 aromatic carbocycles. The third kappa shape index (κ3) is 3.23. The van der Waals surface area contributed by atoms with Gasteiger partial charge in [0, 0.05) is 12.0 Å². The minimum absolute atomic E-state index is 0.0321. The summed E-state index contributed by atoms with van der Waals surface area (Å²) in [6.45, 7) is 5.29. The van der Waals surface area contributed by atoms with Crippen LogP contribution in [0.15, 0.2) is 36.4 Å². The predicted octanol–water partition coefficient (Wildman–Crippen LogP) is 4.52. The van der Waals surface area contributed by atoms with Crippen molar-refractivity contribution in [2.45, 2.75) is 51.4 Å². The SMILES string of the molecule is CCc1ccc2c([C@H](N3NC(=O)CC3(C)C)C(F)(F)F)cccc2c1. The monoisotopic (exact) mass is 350 g/mol. The molecule has 1 amide bonds. The lowest BCUT2D eigenvalue weighted by molar-refractivity contribution is -0.203. The van der Waals surface area contributed by atoms with Crippen LogP contribution in [0, 0.1) is 0 Å². The van der Waals surface area contributed by atoms with E-state index in [0.717, 1.165) is 22.4 Å². The summed E-state index contributed by atoms with van der Waals surface area (Å²) in [7, 11) is 0. The molecule has 1 fully saturated rings. The number of alkyl halides is 3. The van der Waals surface area contributed by atoms with E-state index in [0.29, 0.717) is 5.39 Å². The van der Waals surface area contributed by atoms with E-state index < -0.39 is 23.7 Å². The fourth-order valence-corrected chi connectivity index (χ4v) is 3.50. The first-order valence-corrected chi connectivity index (χ1v) is 8.30. The molecule has 0 unspecified atom stereocenters. The van der Waals surface area contributed by atoms with E-state index in [-0.39, 0.29) is 12.0 Å². The number of rotatable bonds is 3. The average Bonchev–Trinajstić information content (AvgIpc) is 2.78. The van der Waals surface area contributed by atoms with Gasteiger partial charge in [0.05, 0.1) is 0 Å². The number of nitrogens with zero attached hydrogens (tertiary/aromatic N) is 1. The topological polar surface area (TPSA) is 32.3 Å². The van der Waals surface area contributed by atoms with Crippen LogP contribution in [0.2, 0.25) is 0 Å². The number of nitrogens with one attached hydrogen (secondary N) is 1. The van der Waals surface area contributed by atoms with Crippen LogP contribution in [0.1, 0.15) is 44.4 Å². The summed E-state index contributed by atoms with van der Waals surface area (Å²) in [4.78, 5) is 11.8. The number of carbonyl (C=O) groups excluding carboxylic acids is 1. The fourth-order valence-electron chi connectivity index (χ4n) is 3.50. The van der Waals surface area contributed by atoms with Crippen molar-refractivity contribution in [3.05, 3.63) is 47.5 Å². The molecule has 134 valence electrons. The molecule has 1 aliphatic rings. The lowest BCUT2D eigenvalue weighted by Crippen LogP contribution is -2.51. The molecule has 3 nitrogen and oxygen atoms in total. The molecule has 3 rings (SSSR count). The van der Waals surface area contributed by atoms with E-state index in [1.807, 2.05) is 25.1 Å². The summed E-state index contributed by atoms with van der Waals surface area (Å²) in [5.74, 6) is -0.396. The second-order valence-corrected chi connectivity index (χ2v) is 7.09. The van der Waals surface area contributed by atoms with E-state index in [4.69, 9.17) is 0 Å². The van der Waals surface area contributed by atoms with Crippen molar-refractivity contribution in [1.82, 2.24) is 10.4 Å². The molecule has 1 aliphatic heterocycles. The van der Waals surface area contributed by atoms with Gasteiger partial charge in [-0.3, -0.25) is 10.2 Å². The van der Waals surface area contributed by atoms with Gasteiger partial charge in [0.25, 0.3) is 0 Å². The van der Waals surface area contributed by atoms with E-state index in [9.17, 15) is 18.0 Å². The van der Waals surface area contributed by atoms with Gasteiger partial charge in [-0.2, -0.15) is 18.2 Å². The van der Waals surface area contributed by atoms with Crippen molar-refractivity contribution in [3.8, 4) is 0 Å². The molecule has 0 bridgehead atoms. The third-order valence-electron chi connectivity index (χ3n) is 4.74. The van der Waals surface area contributed by atoms with Crippen molar-refractivity contribution in [2.75, 3.05) is 0 Å². The number of amides is 1. The van der Waals surface area contributed by atoms with Gasteiger partial charge in [0.1, 0.15) is 0 Å². The second-order valence-electron chi connectivity index (χ2n) is 7.09. The zero-order valence-corrected chi connectivity index (χ0v) is 14.4. The quantitative estimate of drug-likeness (QED) is 0.883. The van der Waals surface area contributed by atoms with Gasteiger partial charge >= 0.3 is 6.18 Å². The van der Waals surface area contributed by atoms with Gasteiger partial charge in [0.15, 0.2) is 6.04 Å². The highest BCUT2D eigenvalue weighted by Crippen LogP contribution is 2.44. The van der Waals surface area contributed by atoms with Gasteiger partial charge < -0.3 is 0 Å². The van der Waals surface area contributed by atoms with E-state index in [1.54, 1.807) is 26.0 Å². The predicted molar refractivity (Wildman–Crippen MR) is 90.8 cm³/mol. The summed E-state index contributed by atoms with van der Waals surface area (Å²) in [5, 5.41) is 2.38. The Hall–Kier alpha value is -2.08. The van der Waals surface area contributed by atoms with Crippen LogP contribution < -0.4 is 5.43 Å². The molecule has 2 aromatic rings. The number of hydrazine groups is 1. The van der Waals surface area contributed by atoms with Crippen molar-refractivity contribution in [2.24, 2.45) is 0 Å². The largest absolute Gasteiger partial charge is 0.409 e. The molecule has 0 saturated carbocycles. The summed E-state index contributed by atoms with van der Waals surface area (Å²) in [6, 6.07) is 8.57. The third-order valence-corrected chi connectivity index (χ3v) is 4.74. The Bertz CT molecular complexity index is 814. The lowest BCUT2D eigenvalue weighted by Gasteiger charge is -2.38. The number of aryl methyl sites for hydroxylation is 1. The Morgan fingerprint density at radius 1 is 1.24 bits per heavy atom. The first-order chi connectivity index (χ1) is 11.6. The zero-order chi connectivity index (χ0) is 18.4. The number of halogens is 3. The smallest absolute Gasteiger partial charge is 0.287 e. The van der Waals surface area contributed by atoms with Gasteiger partial charge in [-0.1, -0.05) is 43.3 Å². The van der Waals surface area contributed by atoms with Crippen LogP contribution in [-0.2, 0) is 11.2 Å². The molecule has 1 atom stereocenters. The van der Waals surface area contributed by atoms with Crippen molar-refractivity contribution >= 4 is 16.7 Å². The highest BCUT2D eigenvalue weighted by atomic mass is 19.4. The van der Waals surface area contributed by atoms with E-state index in [2.05, 4.69) is 5.43 Å². The van der Waals surface area contributed by atoms with Crippen LogP contribution in [0.4, 0.5) is 13.2 Å². The maximum atomic E-state index is 14.0. The summed E-state index contributed by atoms with van der Waals surface area (Å²) in [6.07, 6.45) is -3.67. The molecule has 1 N–H and O–H groups in total. The number of hydrogen-bond acceptors (Lipinski definition) is 2. The molecular formula is C19H21F3N2O. The minimum atomic E-state index is -4.52. The molecule has 1 saturated heterocycles. The molecule has 1 heterocycles. The van der Waals surface area contributed by atoms with Crippen molar-refractivity contribution in [1.29, 1.82) is 0 Å². The van der Waals surface area contributed by atoms with Crippen LogP contribution in [0.3, 0.4) is 0 Å². The van der Waals surface area contributed by atoms with Crippen LogP contribution in [0.25, 0.3) is 10.8 Å². The molecule has 0 aromatic heterocycles. The Balaban J connectivity index is 2.18. The van der Waals surface area contributed by atoms with Crippen molar-refractivity contribution in [3.63, 3.8) is 0 Å². The van der Waals surface area contributed by atoms with Crippen molar-refractivity contribution < 1.29 is 18.0 Å². The molecular weight excluding hydrogens is 329 g/mol. The summed E-state index contributed by atoms with van der Waals surface area (Å²) < 4.78 is 42.0. The molecule has 0 spiro atoms. The Morgan fingerprint density at radius 2 is 1.96 bits per heavy atom. The normalized spacial score (nSPS) is 19.2. The maximum absolute atomic E-state index is 14.0. The van der Waals surface area contributed by atoms with Gasteiger partial charge in [0.2, 0.25) is 5.91 Å². The number of benzene rings is 2. The van der Waals surface area contributed by atoms with Crippen LogP contribution in [0.5, 0.6) is 0 Å². The van der Waals surface area contributed by atoms with Crippen LogP contribution in [-0.4, -0.2) is 22.6 Å². The number of fused-ring (bicyclic) bond motifs is 1. The Labute approximate surface area is 144 Å². The van der Waals surface area contributed by atoms with Gasteiger partial charge in [-0.05, 0) is 42.2 Å². The molecule has 0 radical (unpaired) electrons. The number of carbonyl (C=O) groups is 1. The van der Waals surface area contributed by atoms with Gasteiger partial charge in [-0.15, -0.1) is 0 Å². The summed E-state index contributed by atoms with van der Waals surface area (Å²) in [5.41, 5.74) is 2.71.